The van der Waals surface area contributed by atoms with Gasteiger partial charge in [0, 0.05) is 24.9 Å². The van der Waals surface area contributed by atoms with Crippen molar-refractivity contribution < 1.29 is 13.2 Å². The fourth-order valence-electron chi connectivity index (χ4n) is 2.04. The summed E-state index contributed by atoms with van der Waals surface area (Å²) in [6.45, 7) is 2.65. The maximum atomic E-state index is 12.1. The van der Waals surface area contributed by atoms with E-state index in [2.05, 4.69) is 4.72 Å². The second kappa shape index (κ2) is 7.72. The number of carbonyl (C=O) groups excluding carboxylic acids is 1. The molecule has 1 amide bonds. The van der Waals surface area contributed by atoms with Gasteiger partial charge in [0.2, 0.25) is 15.9 Å². The van der Waals surface area contributed by atoms with Crippen LogP contribution in [0.15, 0.2) is 46.7 Å². The first-order chi connectivity index (χ1) is 10.9. The van der Waals surface area contributed by atoms with Crippen LogP contribution in [0.4, 0.5) is 0 Å². The summed E-state index contributed by atoms with van der Waals surface area (Å²) in [5, 5.41) is 2.00. The molecule has 0 saturated heterocycles. The fourth-order valence-corrected chi connectivity index (χ4v) is 4.05. The second-order valence-electron chi connectivity index (χ2n) is 5.24. The quantitative estimate of drug-likeness (QED) is 0.832. The average molecular weight is 352 g/mol. The maximum Gasteiger partial charge on any atom is 0.240 e. The average Bonchev–Trinajstić information content (AvgIpc) is 2.93. The lowest BCUT2D eigenvalue weighted by molar-refractivity contribution is -0.130. The number of hydrogen-bond donors (Lipinski definition) is 1. The van der Waals surface area contributed by atoms with Crippen LogP contribution in [0.2, 0.25) is 0 Å². The van der Waals surface area contributed by atoms with Crippen molar-refractivity contribution in [2.45, 2.75) is 24.8 Å². The number of benzene rings is 1. The highest BCUT2D eigenvalue weighted by atomic mass is 32.2. The lowest BCUT2D eigenvalue weighted by atomic mass is 10.2. The van der Waals surface area contributed by atoms with Crippen LogP contribution in [0.5, 0.6) is 0 Å². The third kappa shape index (κ3) is 4.89. The van der Waals surface area contributed by atoms with Gasteiger partial charge >= 0.3 is 0 Å². The molecule has 1 aromatic heterocycles. The predicted molar refractivity (Wildman–Crippen MR) is 91.8 cm³/mol. The summed E-state index contributed by atoms with van der Waals surface area (Å²) < 4.78 is 26.6. The molecule has 2 aromatic rings. The van der Waals surface area contributed by atoms with E-state index in [-0.39, 0.29) is 23.8 Å². The number of carbonyl (C=O) groups is 1. The fraction of sp³-hybridized carbons (Fsp3) is 0.312. The lowest BCUT2D eigenvalue weighted by Crippen LogP contribution is -2.31. The van der Waals surface area contributed by atoms with Crippen LogP contribution in [0.1, 0.15) is 16.9 Å². The first-order valence-corrected chi connectivity index (χ1v) is 9.58. The zero-order chi connectivity index (χ0) is 16.9. The molecule has 0 aliphatic heterocycles. The van der Waals surface area contributed by atoms with Crippen LogP contribution in [0.3, 0.4) is 0 Å². The van der Waals surface area contributed by atoms with Crippen molar-refractivity contribution in [3.63, 3.8) is 0 Å². The molecule has 0 radical (unpaired) electrons. The molecule has 2 rings (SSSR count). The van der Waals surface area contributed by atoms with Gasteiger partial charge in [-0.1, -0.05) is 18.2 Å². The van der Waals surface area contributed by atoms with E-state index in [4.69, 9.17) is 0 Å². The summed E-state index contributed by atoms with van der Waals surface area (Å²) in [6, 6.07) is 10.1. The van der Waals surface area contributed by atoms with E-state index in [1.54, 1.807) is 41.5 Å². The van der Waals surface area contributed by atoms with Crippen LogP contribution >= 0.6 is 11.3 Å². The first-order valence-electron chi connectivity index (χ1n) is 7.22. The van der Waals surface area contributed by atoms with E-state index in [0.717, 1.165) is 4.88 Å². The molecule has 0 fully saturated rings. The number of sulfonamides is 1. The Kier molecular flexibility index (Phi) is 5.92. The largest absolute Gasteiger partial charge is 0.341 e. The van der Waals surface area contributed by atoms with Gasteiger partial charge in [-0.3, -0.25) is 4.79 Å². The molecular weight excluding hydrogens is 332 g/mol. The Bertz CT molecular complexity index is 755. The molecule has 1 N–H and O–H groups in total. The molecule has 0 aliphatic rings. The molecule has 7 heteroatoms. The number of thiophene rings is 1. The molecule has 0 saturated carbocycles. The van der Waals surface area contributed by atoms with Crippen molar-refractivity contribution in [1.29, 1.82) is 0 Å². The Morgan fingerprint density at radius 2 is 1.91 bits per heavy atom. The Balaban J connectivity index is 1.84. The third-order valence-corrected chi connectivity index (χ3v) is 5.94. The van der Waals surface area contributed by atoms with Crippen molar-refractivity contribution in [2.75, 3.05) is 13.6 Å². The van der Waals surface area contributed by atoms with E-state index in [1.807, 2.05) is 18.4 Å². The van der Waals surface area contributed by atoms with Crippen LogP contribution in [0.25, 0.3) is 0 Å². The molecule has 0 atom stereocenters. The predicted octanol–water partition coefficient (Wildman–Crippen LogP) is 2.38. The van der Waals surface area contributed by atoms with E-state index in [9.17, 15) is 13.2 Å². The summed E-state index contributed by atoms with van der Waals surface area (Å²) in [6.07, 6.45) is 0.132. The normalized spacial score (nSPS) is 11.4. The summed E-state index contributed by atoms with van der Waals surface area (Å²) >= 11 is 1.62. The van der Waals surface area contributed by atoms with Crippen molar-refractivity contribution in [3.05, 3.63) is 52.2 Å². The van der Waals surface area contributed by atoms with Gasteiger partial charge in [-0.15, -0.1) is 11.3 Å². The Morgan fingerprint density at radius 3 is 2.52 bits per heavy atom. The Labute approximate surface area is 141 Å². The summed E-state index contributed by atoms with van der Waals surface area (Å²) in [4.78, 5) is 15.1. The highest BCUT2D eigenvalue weighted by Crippen LogP contribution is 2.17. The van der Waals surface area contributed by atoms with Gasteiger partial charge in [0.05, 0.1) is 11.4 Å². The smallest absolute Gasteiger partial charge is 0.240 e. The van der Waals surface area contributed by atoms with Gasteiger partial charge in [0.1, 0.15) is 0 Å². The Hall–Kier alpha value is -1.70. The number of rotatable bonds is 7. The minimum atomic E-state index is -3.56. The summed E-state index contributed by atoms with van der Waals surface area (Å²) in [5.74, 6) is -0.0893. The van der Waals surface area contributed by atoms with Crippen molar-refractivity contribution >= 4 is 27.3 Å². The first kappa shape index (κ1) is 17.7. The molecule has 0 unspecified atom stereocenters. The minimum Gasteiger partial charge on any atom is -0.341 e. The standard InChI is InChI=1S/C16H20N2O3S2/c1-13-9-11-22-15(13)12-18(2)16(19)8-10-17-23(20,21)14-6-4-3-5-7-14/h3-7,9,11,17H,8,10,12H2,1-2H3. The lowest BCUT2D eigenvalue weighted by Gasteiger charge is -2.17. The van der Waals surface area contributed by atoms with Crippen LogP contribution in [-0.2, 0) is 21.4 Å². The Morgan fingerprint density at radius 1 is 1.22 bits per heavy atom. The molecule has 5 nitrogen and oxygen atoms in total. The van der Waals surface area contributed by atoms with Gasteiger partial charge in [0.15, 0.2) is 0 Å². The number of nitrogens with zero attached hydrogens (tertiary/aromatic N) is 1. The summed E-state index contributed by atoms with van der Waals surface area (Å²) in [5.41, 5.74) is 1.17. The number of aryl methyl sites for hydroxylation is 1. The molecule has 0 bridgehead atoms. The minimum absolute atomic E-state index is 0.0871. The molecule has 124 valence electrons. The zero-order valence-corrected chi connectivity index (χ0v) is 14.8. The number of nitrogens with one attached hydrogen (secondary N) is 1. The van der Waals surface area contributed by atoms with Gasteiger partial charge in [-0.25, -0.2) is 13.1 Å². The van der Waals surface area contributed by atoms with Crippen molar-refractivity contribution in [3.8, 4) is 0 Å². The SMILES string of the molecule is Cc1ccsc1CN(C)C(=O)CCNS(=O)(=O)c1ccccc1. The summed E-state index contributed by atoms with van der Waals surface area (Å²) in [7, 11) is -1.83. The van der Waals surface area contributed by atoms with Gasteiger partial charge < -0.3 is 4.90 Å². The van der Waals surface area contributed by atoms with Crippen LogP contribution < -0.4 is 4.72 Å². The zero-order valence-electron chi connectivity index (χ0n) is 13.2. The maximum absolute atomic E-state index is 12.1. The molecule has 0 aliphatic carbocycles. The number of amides is 1. The second-order valence-corrected chi connectivity index (χ2v) is 8.01. The molecule has 23 heavy (non-hydrogen) atoms. The molecular formula is C16H20N2O3S2. The van der Waals surface area contributed by atoms with E-state index in [0.29, 0.717) is 6.54 Å². The highest BCUT2D eigenvalue weighted by Gasteiger charge is 2.15. The molecule has 1 aromatic carbocycles. The topological polar surface area (TPSA) is 66.5 Å². The molecule has 0 spiro atoms. The van der Waals surface area contributed by atoms with Gasteiger partial charge in [-0.2, -0.15) is 0 Å². The van der Waals surface area contributed by atoms with Crippen LogP contribution in [-0.4, -0.2) is 32.8 Å². The van der Waals surface area contributed by atoms with E-state index < -0.39 is 10.0 Å². The molecule has 1 heterocycles. The van der Waals surface area contributed by atoms with Crippen molar-refractivity contribution in [1.82, 2.24) is 9.62 Å². The van der Waals surface area contributed by atoms with Gasteiger partial charge in [0.25, 0.3) is 0 Å². The highest BCUT2D eigenvalue weighted by molar-refractivity contribution is 7.89. The van der Waals surface area contributed by atoms with Gasteiger partial charge in [-0.05, 0) is 36.1 Å². The monoisotopic (exact) mass is 352 g/mol. The van der Waals surface area contributed by atoms with Crippen LogP contribution in [0, 0.1) is 6.92 Å². The third-order valence-electron chi connectivity index (χ3n) is 3.46. The van der Waals surface area contributed by atoms with E-state index in [1.165, 1.54) is 17.7 Å². The number of hydrogen-bond acceptors (Lipinski definition) is 4. The van der Waals surface area contributed by atoms with Crippen molar-refractivity contribution in [2.24, 2.45) is 0 Å². The van der Waals surface area contributed by atoms with E-state index >= 15 is 0 Å².